The van der Waals surface area contributed by atoms with Gasteiger partial charge in [-0.25, -0.2) is 0 Å². The summed E-state index contributed by atoms with van der Waals surface area (Å²) in [4.78, 5) is 11.0. The van der Waals surface area contributed by atoms with Crippen molar-refractivity contribution < 1.29 is 9.90 Å². The number of carboxylic acid groups (broad SMARTS) is 1. The maximum atomic E-state index is 11.0. The molecule has 0 radical (unpaired) electrons. The number of hydrogen-bond donors (Lipinski definition) is 2. The van der Waals surface area contributed by atoms with E-state index in [0.717, 1.165) is 18.9 Å². The fraction of sp³-hybridized carbons (Fsp3) is 0.923. The molecule has 0 spiro atoms. The third kappa shape index (κ3) is 4.52. The molecular weight excluding hydrogens is 202 g/mol. The lowest BCUT2D eigenvalue weighted by Crippen LogP contribution is -2.41. The van der Waals surface area contributed by atoms with Crippen LogP contribution in [0.1, 0.15) is 52.4 Å². The lowest BCUT2D eigenvalue weighted by Gasteiger charge is -2.23. The molecule has 0 amide bonds. The lowest BCUT2D eigenvalue weighted by atomic mass is 9.87. The second-order valence-corrected chi connectivity index (χ2v) is 5.31. The van der Waals surface area contributed by atoms with Crippen LogP contribution in [0.25, 0.3) is 0 Å². The summed E-state index contributed by atoms with van der Waals surface area (Å²) in [6, 6.07) is -0.386. The topological polar surface area (TPSA) is 49.3 Å². The van der Waals surface area contributed by atoms with Crippen LogP contribution in [0.4, 0.5) is 0 Å². The SMILES string of the molecule is CC(C)[C@@H](NCCC1CCCCC1)C(=O)O. The third-order valence-corrected chi connectivity index (χ3v) is 3.57. The first-order valence-corrected chi connectivity index (χ1v) is 6.57. The van der Waals surface area contributed by atoms with Crippen LogP contribution < -0.4 is 5.32 Å². The first-order chi connectivity index (χ1) is 7.61. The summed E-state index contributed by atoms with van der Waals surface area (Å²) >= 11 is 0. The third-order valence-electron chi connectivity index (χ3n) is 3.57. The van der Waals surface area contributed by atoms with Crippen LogP contribution in [-0.4, -0.2) is 23.7 Å². The number of rotatable bonds is 6. The van der Waals surface area contributed by atoms with Crippen molar-refractivity contribution in [1.29, 1.82) is 0 Å². The molecule has 1 fully saturated rings. The number of nitrogens with one attached hydrogen (secondary N) is 1. The summed E-state index contributed by atoms with van der Waals surface area (Å²) in [5.41, 5.74) is 0. The maximum Gasteiger partial charge on any atom is 0.320 e. The smallest absolute Gasteiger partial charge is 0.320 e. The molecule has 1 aliphatic rings. The molecule has 16 heavy (non-hydrogen) atoms. The van der Waals surface area contributed by atoms with Gasteiger partial charge < -0.3 is 10.4 Å². The van der Waals surface area contributed by atoms with Crippen molar-refractivity contribution in [3.8, 4) is 0 Å². The average molecular weight is 227 g/mol. The normalized spacial score (nSPS) is 19.9. The molecule has 2 N–H and O–H groups in total. The molecule has 0 aromatic heterocycles. The Hall–Kier alpha value is -0.570. The number of carboxylic acids is 1. The molecule has 0 aromatic carbocycles. The number of hydrogen-bond acceptors (Lipinski definition) is 2. The monoisotopic (exact) mass is 227 g/mol. The minimum atomic E-state index is -0.723. The fourth-order valence-electron chi connectivity index (χ4n) is 2.53. The Morgan fingerprint density at radius 1 is 1.31 bits per heavy atom. The maximum absolute atomic E-state index is 11.0. The van der Waals surface area contributed by atoms with Gasteiger partial charge in [-0.1, -0.05) is 46.0 Å². The molecule has 3 nitrogen and oxygen atoms in total. The molecule has 0 unspecified atom stereocenters. The van der Waals surface area contributed by atoms with Crippen LogP contribution in [0.3, 0.4) is 0 Å². The average Bonchev–Trinajstić information content (AvgIpc) is 2.24. The van der Waals surface area contributed by atoms with E-state index in [0.29, 0.717) is 0 Å². The zero-order valence-electron chi connectivity index (χ0n) is 10.5. The van der Waals surface area contributed by atoms with Crippen molar-refractivity contribution in [3.05, 3.63) is 0 Å². The lowest BCUT2D eigenvalue weighted by molar-refractivity contribution is -0.140. The Bertz CT molecular complexity index is 210. The number of carbonyl (C=O) groups is 1. The highest BCUT2D eigenvalue weighted by Gasteiger charge is 2.21. The van der Waals surface area contributed by atoms with Gasteiger partial charge >= 0.3 is 5.97 Å². The van der Waals surface area contributed by atoms with E-state index in [1.54, 1.807) is 0 Å². The molecule has 1 rings (SSSR count). The second kappa shape index (κ2) is 6.89. The van der Waals surface area contributed by atoms with E-state index in [1.807, 2.05) is 13.8 Å². The summed E-state index contributed by atoms with van der Waals surface area (Å²) in [5.74, 6) is 0.255. The molecule has 0 aliphatic heterocycles. The van der Waals surface area contributed by atoms with Gasteiger partial charge in [0.1, 0.15) is 6.04 Å². The highest BCUT2D eigenvalue weighted by atomic mass is 16.4. The predicted molar refractivity (Wildman–Crippen MR) is 65.5 cm³/mol. The summed E-state index contributed by atoms with van der Waals surface area (Å²) in [6.07, 6.45) is 7.90. The van der Waals surface area contributed by atoms with Crippen LogP contribution in [0.2, 0.25) is 0 Å². The Balaban J connectivity index is 2.19. The van der Waals surface area contributed by atoms with Gasteiger partial charge in [-0.2, -0.15) is 0 Å². The summed E-state index contributed by atoms with van der Waals surface area (Å²) in [6.45, 7) is 4.75. The molecule has 0 bridgehead atoms. The van der Waals surface area contributed by atoms with Crippen LogP contribution in [0.5, 0.6) is 0 Å². The molecule has 1 atom stereocenters. The van der Waals surface area contributed by atoms with Crippen LogP contribution in [0, 0.1) is 11.8 Å². The van der Waals surface area contributed by atoms with Crippen molar-refractivity contribution in [2.45, 2.75) is 58.4 Å². The highest BCUT2D eigenvalue weighted by molar-refractivity contribution is 5.73. The van der Waals surface area contributed by atoms with E-state index >= 15 is 0 Å². The van der Waals surface area contributed by atoms with Gasteiger partial charge in [-0.05, 0) is 24.8 Å². The largest absolute Gasteiger partial charge is 0.480 e. The van der Waals surface area contributed by atoms with E-state index in [-0.39, 0.29) is 12.0 Å². The first-order valence-electron chi connectivity index (χ1n) is 6.57. The minimum Gasteiger partial charge on any atom is -0.480 e. The van der Waals surface area contributed by atoms with Crippen molar-refractivity contribution in [3.63, 3.8) is 0 Å². The van der Waals surface area contributed by atoms with Gasteiger partial charge in [-0.3, -0.25) is 4.79 Å². The van der Waals surface area contributed by atoms with E-state index in [2.05, 4.69) is 5.32 Å². The standard InChI is InChI=1S/C13H25NO2/c1-10(2)12(13(15)16)14-9-8-11-6-4-3-5-7-11/h10-12,14H,3-9H2,1-2H3,(H,15,16)/t12-/m1/s1. The molecule has 1 saturated carbocycles. The Morgan fingerprint density at radius 2 is 1.94 bits per heavy atom. The highest BCUT2D eigenvalue weighted by Crippen LogP contribution is 2.25. The summed E-state index contributed by atoms with van der Waals surface area (Å²) in [5, 5.41) is 12.2. The quantitative estimate of drug-likeness (QED) is 0.733. The van der Waals surface area contributed by atoms with Crippen molar-refractivity contribution in [2.24, 2.45) is 11.8 Å². The molecule has 0 aromatic rings. The zero-order valence-corrected chi connectivity index (χ0v) is 10.5. The van der Waals surface area contributed by atoms with Crippen LogP contribution in [0.15, 0.2) is 0 Å². The van der Waals surface area contributed by atoms with Gasteiger partial charge in [0, 0.05) is 0 Å². The number of aliphatic carboxylic acids is 1. The molecule has 0 heterocycles. The summed E-state index contributed by atoms with van der Waals surface area (Å²) in [7, 11) is 0. The Morgan fingerprint density at radius 3 is 2.44 bits per heavy atom. The van der Waals surface area contributed by atoms with Crippen molar-refractivity contribution in [2.75, 3.05) is 6.54 Å². The molecular formula is C13H25NO2. The molecule has 94 valence electrons. The second-order valence-electron chi connectivity index (χ2n) is 5.31. The van der Waals surface area contributed by atoms with Crippen molar-refractivity contribution in [1.82, 2.24) is 5.32 Å². The van der Waals surface area contributed by atoms with Gasteiger partial charge in [-0.15, -0.1) is 0 Å². The van der Waals surface area contributed by atoms with Crippen molar-refractivity contribution >= 4 is 5.97 Å². The molecule has 0 saturated heterocycles. The van der Waals surface area contributed by atoms with E-state index in [9.17, 15) is 4.79 Å². The van der Waals surface area contributed by atoms with Crippen LogP contribution >= 0.6 is 0 Å². The van der Waals surface area contributed by atoms with E-state index < -0.39 is 5.97 Å². The van der Waals surface area contributed by atoms with Gasteiger partial charge in [0.15, 0.2) is 0 Å². The predicted octanol–water partition coefficient (Wildman–Crippen LogP) is 2.66. The molecule has 1 aliphatic carbocycles. The Labute approximate surface area is 98.6 Å². The van der Waals surface area contributed by atoms with E-state index in [1.165, 1.54) is 32.1 Å². The van der Waals surface area contributed by atoms with Crippen LogP contribution in [-0.2, 0) is 4.79 Å². The first kappa shape index (κ1) is 13.5. The van der Waals surface area contributed by atoms with Gasteiger partial charge in [0.25, 0.3) is 0 Å². The van der Waals surface area contributed by atoms with Gasteiger partial charge in [0.05, 0.1) is 0 Å². The fourth-order valence-corrected chi connectivity index (χ4v) is 2.53. The van der Waals surface area contributed by atoms with Gasteiger partial charge in [0.2, 0.25) is 0 Å². The Kier molecular flexibility index (Phi) is 5.81. The zero-order chi connectivity index (χ0) is 12.0. The minimum absolute atomic E-state index is 0.156. The molecule has 3 heteroatoms. The van der Waals surface area contributed by atoms with E-state index in [4.69, 9.17) is 5.11 Å². The summed E-state index contributed by atoms with van der Waals surface area (Å²) < 4.78 is 0.